The number of hydrogen-bond acceptors (Lipinski definition) is 4. The van der Waals surface area contributed by atoms with Crippen LogP contribution < -0.4 is 4.74 Å². The van der Waals surface area contributed by atoms with E-state index in [1.54, 1.807) is 19.1 Å². The van der Waals surface area contributed by atoms with Crippen molar-refractivity contribution in [3.63, 3.8) is 0 Å². The first kappa shape index (κ1) is 14.6. The molecule has 0 saturated heterocycles. The molecule has 0 radical (unpaired) electrons. The topological polar surface area (TPSA) is 48.4 Å². The molecule has 0 atom stereocenters. The number of rotatable bonds is 5. The van der Waals surface area contributed by atoms with Crippen LogP contribution in [0.2, 0.25) is 0 Å². The molecule has 4 nitrogen and oxygen atoms in total. The van der Waals surface area contributed by atoms with E-state index in [0.29, 0.717) is 18.1 Å². The molecule has 2 aromatic rings. The molecule has 0 N–H and O–H groups in total. The highest BCUT2D eigenvalue weighted by Gasteiger charge is 2.19. The lowest BCUT2D eigenvalue weighted by molar-refractivity contribution is 0.0526. The van der Waals surface area contributed by atoms with Gasteiger partial charge in [-0.3, -0.25) is 0 Å². The molecule has 0 bridgehead atoms. The molecule has 1 saturated carbocycles. The largest absolute Gasteiger partial charge is 0.462 e. The first-order valence-corrected chi connectivity index (χ1v) is 7.67. The summed E-state index contributed by atoms with van der Waals surface area (Å²) in [7, 11) is 0. The van der Waals surface area contributed by atoms with Crippen LogP contribution in [-0.4, -0.2) is 17.6 Å². The maximum Gasteiger partial charge on any atom is 0.339 e. The van der Waals surface area contributed by atoms with E-state index < -0.39 is 0 Å². The van der Waals surface area contributed by atoms with Crippen molar-refractivity contribution in [1.29, 1.82) is 0 Å². The Hall–Kier alpha value is -2.36. The molecule has 0 unspecified atom stereocenters. The molecule has 0 amide bonds. The van der Waals surface area contributed by atoms with Crippen molar-refractivity contribution in [1.82, 2.24) is 4.98 Å². The van der Waals surface area contributed by atoms with Crippen molar-refractivity contribution in [2.24, 2.45) is 0 Å². The number of hydrogen-bond donors (Lipinski definition) is 0. The van der Waals surface area contributed by atoms with Crippen molar-refractivity contribution in [2.45, 2.75) is 32.1 Å². The molecule has 1 heterocycles. The van der Waals surface area contributed by atoms with Gasteiger partial charge < -0.3 is 9.47 Å². The van der Waals surface area contributed by atoms with Crippen LogP contribution in [-0.2, 0) is 4.74 Å². The Morgan fingerprint density at radius 3 is 2.50 bits per heavy atom. The maximum absolute atomic E-state index is 11.5. The predicted molar refractivity (Wildman–Crippen MR) is 83.3 cm³/mol. The summed E-state index contributed by atoms with van der Waals surface area (Å²) in [6, 6.07) is 11.5. The Morgan fingerprint density at radius 1 is 1.18 bits per heavy atom. The van der Waals surface area contributed by atoms with Gasteiger partial charge >= 0.3 is 5.97 Å². The van der Waals surface area contributed by atoms with Gasteiger partial charge in [-0.25, -0.2) is 9.78 Å². The third kappa shape index (κ3) is 3.27. The summed E-state index contributed by atoms with van der Waals surface area (Å²) in [5, 5.41) is 0. The molecule has 1 aliphatic rings. The first-order chi connectivity index (χ1) is 10.8. The summed E-state index contributed by atoms with van der Waals surface area (Å²) >= 11 is 0. The highest BCUT2D eigenvalue weighted by Crippen LogP contribution is 2.37. The van der Waals surface area contributed by atoms with E-state index in [1.165, 1.54) is 31.0 Å². The van der Waals surface area contributed by atoms with Crippen molar-refractivity contribution in [2.75, 3.05) is 6.61 Å². The normalized spacial score (nSPS) is 14.2. The number of aromatic nitrogens is 1. The number of carbonyl (C=O) groups is 1. The predicted octanol–water partition coefficient (Wildman–Crippen LogP) is 4.32. The number of esters is 1. The summed E-state index contributed by atoms with van der Waals surface area (Å²) in [5.41, 5.74) is 1.80. The van der Waals surface area contributed by atoms with E-state index in [1.807, 2.05) is 12.1 Å². The fourth-order valence-corrected chi connectivity index (χ4v) is 2.45. The standard InChI is InChI=1S/C18H19NO3/c1-2-21-18(20)15-8-11-17(19-12-15)22-16-9-6-14(7-10-16)13-4-3-5-13/h6-13H,2-5H2,1H3. The quantitative estimate of drug-likeness (QED) is 0.771. The van der Waals surface area contributed by atoms with Crippen LogP contribution in [0.5, 0.6) is 11.6 Å². The van der Waals surface area contributed by atoms with E-state index >= 15 is 0 Å². The van der Waals surface area contributed by atoms with Crippen LogP contribution in [0.3, 0.4) is 0 Å². The first-order valence-electron chi connectivity index (χ1n) is 7.67. The molecule has 1 aromatic carbocycles. The summed E-state index contributed by atoms with van der Waals surface area (Å²) in [5.74, 6) is 1.56. The van der Waals surface area contributed by atoms with Crippen LogP contribution in [0.4, 0.5) is 0 Å². The van der Waals surface area contributed by atoms with Crippen molar-refractivity contribution < 1.29 is 14.3 Å². The zero-order valence-corrected chi connectivity index (χ0v) is 12.6. The number of ether oxygens (including phenoxy) is 2. The van der Waals surface area contributed by atoms with Crippen LogP contribution in [0.25, 0.3) is 0 Å². The number of carbonyl (C=O) groups excluding carboxylic acids is 1. The monoisotopic (exact) mass is 297 g/mol. The van der Waals surface area contributed by atoms with E-state index in [-0.39, 0.29) is 5.97 Å². The second-order valence-corrected chi connectivity index (χ2v) is 5.40. The molecule has 1 aliphatic carbocycles. The van der Waals surface area contributed by atoms with E-state index in [9.17, 15) is 4.79 Å². The Morgan fingerprint density at radius 2 is 1.95 bits per heavy atom. The minimum absolute atomic E-state index is 0.352. The third-order valence-corrected chi connectivity index (χ3v) is 3.93. The van der Waals surface area contributed by atoms with Gasteiger partial charge in [-0.2, -0.15) is 0 Å². The molecule has 1 fully saturated rings. The molecule has 22 heavy (non-hydrogen) atoms. The van der Waals surface area contributed by atoms with E-state index in [0.717, 1.165) is 11.7 Å². The van der Waals surface area contributed by atoms with Gasteiger partial charge in [-0.15, -0.1) is 0 Å². The smallest absolute Gasteiger partial charge is 0.339 e. The van der Waals surface area contributed by atoms with Crippen LogP contribution >= 0.6 is 0 Å². The highest BCUT2D eigenvalue weighted by molar-refractivity contribution is 5.89. The number of nitrogens with zero attached hydrogens (tertiary/aromatic N) is 1. The zero-order chi connectivity index (χ0) is 15.4. The summed E-state index contributed by atoms with van der Waals surface area (Å²) in [4.78, 5) is 15.7. The van der Waals surface area contributed by atoms with Crippen LogP contribution in [0.1, 0.15) is 48.0 Å². The van der Waals surface area contributed by atoms with Crippen LogP contribution in [0.15, 0.2) is 42.6 Å². The lowest BCUT2D eigenvalue weighted by Gasteiger charge is -2.25. The van der Waals surface area contributed by atoms with E-state index in [2.05, 4.69) is 17.1 Å². The molecule has 0 spiro atoms. The Labute approximate surface area is 130 Å². The Kier molecular flexibility index (Phi) is 4.37. The van der Waals surface area contributed by atoms with Gasteiger partial charge in [0.25, 0.3) is 0 Å². The second kappa shape index (κ2) is 6.60. The third-order valence-electron chi connectivity index (χ3n) is 3.93. The number of pyridine rings is 1. The molecular formula is C18H19NO3. The second-order valence-electron chi connectivity index (χ2n) is 5.40. The van der Waals surface area contributed by atoms with E-state index in [4.69, 9.17) is 9.47 Å². The fourth-order valence-electron chi connectivity index (χ4n) is 2.45. The lowest BCUT2D eigenvalue weighted by Crippen LogP contribution is -2.08. The van der Waals surface area contributed by atoms with Crippen LogP contribution in [0, 0.1) is 0 Å². The highest BCUT2D eigenvalue weighted by atomic mass is 16.5. The molecule has 1 aromatic heterocycles. The minimum Gasteiger partial charge on any atom is -0.462 e. The van der Waals surface area contributed by atoms with Gasteiger partial charge in [-0.05, 0) is 49.4 Å². The summed E-state index contributed by atoms with van der Waals surface area (Å²) in [6.45, 7) is 2.13. The molecule has 0 aliphatic heterocycles. The average molecular weight is 297 g/mol. The number of benzene rings is 1. The fraction of sp³-hybridized carbons (Fsp3) is 0.333. The molecular weight excluding hydrogens is 278 g/mol. The Balaban J connectivity index is 1.63. The van der Waals surface area contributed by atoms with Crippen molar-refractivity contribution in [3.8, 4) is 11.6 Å². The maximum atomic E-state index is 11.5. The molecule has 3 rings (SSSR count). The van der Waals surface area contributed by atoms with Gasteiger partial charge in [0.1, 0.15) is 5.75 Å². The van der Waals surface area contributed by atoms with Gasteiger partial charge in [-0.1, -0.05) is 18.6 Å². The molecule has 114 valence electrons. The Bertz CT molecular complexity index is 630. The zero-order valence-electron chi connectivity index (χ0n) is 12.6. The minimum atomic E-state index is -0.369. The van der Waals surface area contributed by atoms with Gasteiger partial charge in [0.05, 0.1) is 12.2 Å². The lowest BCUT2D eigenvalue weighted by atomic mass is 9.80. The summed E-state index contributed by atoms with van der Waals surface area (Å²) < 4.78 is 10.6. The van der Waals surface area contributed by atoms with Gasteiger partial charge in [0, 0.05) is 12.3 Å². The summed E-state index contributed by atoms with van der Waals surface area (Å²) in [6.07, 6.45) is 5.38. The average Bonchev–Trinajstić information content (AvgIpc) is 2.48. The van der Waals surface area contributed by atoms with Gasteiger partial charge in [0.2, 0.25) is 5.88 Å². The van der Waals surface area contributed by atoms with Crippen molar-refractivity contribution in [3.05, 3.63) is 53.7 Å². The van der Waals surface area contributed by atoms with Gasteiger partial charge in [0.15, 0.2) is 0 Å². The molecule has 4 heteroatoms. The SMILES string of the molecule is CCOC(=O)c1ccc(Oc2ccc(C3CCC3)cc2)nc1. The van der Waals surface area contributed by atoms with Crippen molar-refractivity contribution >= 4 is 5.97 Å².